The van der Waals surface area contributed by atoms with Gasteiger partial charge >= 0.3 is 0 Å². The lowest BCUT2D eigenvalue weighted by Gasteiger charge is -2.14. The van der Waals surface area contributed by atoms with Gasteiger partial charge in [-0.05, 0) is 89.7 Å². The molecular weight excluding hydrogens is 535 g/mol. The molecule has 1 amide bonds. The Morgan fingerprint density at radius 2 is 1.97 bits per heavy atom. The monoisotopic (exact) mass is 556 g/mol. The van der Waals surface area contributed by atoms with E-state index in [4.69, 9.17) is 21.1 Å². The molecule has 0 aliphatic carbocycles. The molecule has 1 aliphatic heterocycles. The number of rotatable bonds is 7. The quantitative estimate of drug-likeness (QED) is 0.317. The fourth-order valence-electron chi connectivity index (χ4n) is 2.89. The zero-order valence-electron chi connectivity index (χ0n) is 16.9. The molecule has 3 rings (SSSR count). The first-order chi connectivity index (χ1) is 14.5. The maximum atomic E-state index is 12.7. The normalized spacial score (nSPS) is 16.6. The van der Waals surface area contributed by atoms with Crippen LogP contribution in [0.1, 0.15) is 25.0 Å². The Kier molecular flexibility index (Phi) is 8.07. The number of halogens is 2. The molecule has 8 heteroatoms. The van der Waals surface area contributed by atoms with Gasteiger partial charge < -0.3 is 9.47 Å². The minimum absolute atomic E-state index is 0.0520. The van der Waals surface area contributed by atoms with Crippen molar-refractivity contribution in [2.75, 3.05) is 20.2 Å². The molecule has 0 saturated carbocycles. The van der Waals surface area contributed by atoms with Gasteiger partial charge in [-0.25, -0.2) is 0 Å². The number of methoxy groups -OCH3 is 1. The van der Waals surface area contributed by atoms with Crippen molar-refractivity contribution in [3.63, 3.8) is 0 Å². The van der Waals surface area contributed by atoms with Gasteiger partial charge in [0.05, 0.1) is 17.0 Å². The molecule has 0 unspecified atom stereocenters. The highest BCUT2D eigenvalue weighted by atomic mass is 127. The van der Waals surface area contributed by atoms with Gasteiger partial charge in [-0.1, -0.05) is 23.7 Å². The number of nitrogens with zero attached hydrogens (tertiary/aromatic N) is 2. The molecule has 0 radical (unpaired) electrons. The summed E-state index contributed by atoms with van der Waals surface area (Å²) in [5.74, 6) is 0.947. The molecule has 0 aromatic heterocycles. The van der Waals surface area contributed by atoms with Crippen LogP contribution >= 0.6 is 46.0 Å². The molecule has 2 aromatic carbocycles. The maximum Gasteiger partial charge on any atom is 0.266 e. The number of ether oxygens (including phenoxy) is 2. The second-order valence-corrected chi connectivity index (χ2v) is 9.03. The molecule has 1 aliphatic rings. The first-order valence-electron chi connectivity index (χ1n) is 9.47. The van der Waals surface area contributed by atoms with Crippen molar-refractivity contribution in [1.82, 2.24) is 4.90 Å². The summed E-state index contributed by atoms with van der Waals surface area (Å²) in [7, 11) is 1.57. The molecule has 1 fully saturated rings. The summed E-state index contributed by atoms with van der Waals surface area (Å²) in [5, 5.41) is 1.16. The van der Waals surface area contributed by atoms with Gasteiger partial charge in [0.25, 0.3) is 5.91 Å². The second kappa shape index (κ2) is 10.5. The van der Waals surface area contributed by atoms with Crippen molar-refractivity contribution in [3.8, 4) is 11.5 Å². The number of aliphatic imine (C=N–C) groups is 1. The van der Waals surface area contributed by atoms with Crippen LogP contribution in [0.5, 0.6) is 11.5 Å². The summed E-state index contributed by atoms with van der Waals surface area (Å²) >= 11 is 10.1. The van der Waals surface area contributed by atoms with Crippen molar-refractivity contribution in [2.24, 2.45) is 4.99 Å². The summed E-state index contributed by atoms with van der Waals surface area (Å²) < 4.78 is 12.6. The molecule has 30 heavy (non-hydrogen) atoms. The van der Waals surface area contributed by atoms with Crippen LogP contribution in [0.2, 0.25) is 5.02 Å². The molecule has 0 spiro atoms. The third kappa shape index (κ3) is 5.31. The molecule has 0 N–H and O–H groups in total. The third-order valence-electron chi connectivity index (χ3n) is 4.34. The van der Waals surface area contributed by atoms with Crippen molar-refractivity contribution < 1.29 is 14.3 Å². The summed E-state index contributed by atoms with van der Waals surface area (Å²) in [6.45, 7) is 5.48. The van der Waals surface area contributed by atoms with Crippen molar-refractivity contribution in [3.05, 3.63) is 61.0 Å². The molecule has 1 heterocycles. The fraction of sp³-hybridized carbons (Fsp3) is 0.273. The summed E-state index contributed by atoms with van der Waals surface area (Å²) in [6, 6.07) is 11.7. The lowest BCUT2D eigenvalue weighted by atomic mass is 10.1. The average molecular weight is 557 g/mol. The smallest absolute Gasteiger partial charge is 0.266 e. The fourth-order valence-corrected chi connectivity index (χ4v) is 4.63. The number of benzene rings is 2. The van der Waals surface area contributed by atoms with Crippen molar-refractivity contribution >= 4 is 63.1 Å². The predicted molar refractivity (Wildman–Crippen MR) is 132 cm³/mol. The lowest BCUT2D eigenvalue weighted by molar-refractivity contribution is -0.122. The Hall–Kier alpha value is -1.71. The Bertz CT molecular complexity index is 993. The largest absolute Gasteiger partial charge is 0.493 e. The Labute approximate surface area is 199 Å². The van der Waals surface area contributed by atoms with Gasteiger partial charge in [0.2, 0.25) is 0 Å². The van der Waals surface area contributed by atoms with Crippen LogP contribution in [0.4, 0.5) is 0 Å². The maximum absolute atomic E-state index is 12.7. The van der Waals surface area contributed by atoms with Gasteiger partial charge in [-0.3, -0.25) is 14.7 Å². The summed E-state index contributed by atoms with van der Waals surface area (Å²) in [6.07, 6.45) is 1.81. The number of carbonyl (C=O) groups excluding carboxylic acids is 1. The van der Waals surface area contributed by atoms with Gasteiger partial charge in [0, 0.05) is 16.7 Å². The van der Waals surface area contributed by atoms with Crippen molar-refractivity contribution in [1.29, 1.82) is 0 Å². The number of amides is 1. The highest BCUT2D eigenvalue weighted by Gasteiger charge is 2.31. The van der Waals surface area contributed by atoms with Crippen LogP contribution in [0.15, 0.2) is 46.3 Å². The van der Waals surface area contributed by atoms with Crippen LogP contribution < -0.4 is 9.47 Å². The van der Waals surface area contributed by atoms with E-state index in [1.54, 1.807) is 18.1 Å². The molecule has 0 bridgehead atoms. The SMILES string of the molecule is CCN=C1S/C(=C/c2cc(Cl)c(OCc3ccc(I)cc3)c(OC)c2)C(=O)N1CC. The molecule has 2 aromatic rings. The number of hydrogen-bond acceptors (Lipinski definition) is 5. The van der Waals surface area contributed by atoms with Gasteiger partial charge in [0.1, 0.15) is 6.61 Å². The summed E-state index contributed by atoms with van der Waals surface area (Å²) in [4.78, 5) is 19.4. The minimum Gasteiger partial charge on any atom is -0.493 e. The molecule has 0 atom stereocenters. The van der Waals surface area contributed by atoms with Crippen molar-refractivity contribution in [2.45, 2.75) is 20.5 Å². The van der Waals surface area contributed by atoms with E-state index < -0.39 is 0 Å². The van der Waals surface area contributed by atoms with E-state index in [-0.39, 0.29) is 5.91 Å². The lowest BCUT2D eigenvalue weighted by Crippen LogP contribution is -2.28. The van der Waals surface area contributed by atoms with E-state index in [0.29, 0.717) is 41.1 Å². The van der Waals surface area contributed by atoms with E-state index in [1.165, 1.54) is 11.8 Å². The highest BCUT2D eigenvalue weighted by molar-refractivity contribution is 14.1. The average Bonchev–Trinajstić information content (AvgIpc) is 3.02. The first-order valence-corrected chi connectivity index (χ1v) is 11.7. The molecule has 158 valence electrons. The molecule has 1 saturated heterocycles. The number of hydrogen-bond donors (Lipinski definition) is 0. The van der Waals surface area contributed by atoms with E-state index >= 15 is 0 Å². The Morgan fingerprint density at radius 1 is 1.23 bits per heavy atom. The number of likely N-dealkylation sites (N-methyl/N-ethyl adjacent to an activating group) is 1. The minimum atomic E-state index is -0.0520. The molecular formula is C22H22ClIN2O3S. The zero-order valence-corrected chi connectivity index (χ0v) is 20.7. The zero-order chi connectivity index (χ0) is 21.7. The second-order valence-electron chi connectivity index (χ2n) is 6.37. The van der Waals surface area contributed by atoms with E-state index in [2.05, 4.69) is 27.6 Å². The topological polar surface area (TPSA) is 51.1 Å². The molecule has 5 nitrogen and oxygen atoms in total. The van der Waals surface area contributed by atoms with Gasteiger partial charge in [-0.2, -0.15) is 0 Å². The summed E-state index contributed by atoms with van der Waals surface area (Å²) in [5.41, 5.74) is 1.80. The van der Waals surface area contributed by atoms with Gasteiger partial charge in [0.15, 0.2) is 16.7 Å². The number of thioether (sulfide) groups is 1. The highest BCUT2D eigenvalue weighted by Crippen LogP contribution is 2.39. The van der Waals surface area contributed by atoms with Crippen LogP contribution in [0.3, 0.4) is 0 Å². The number of carbonyl (C=O) groups is 1. The van der Waals surface area contributed by atoms with Crippen LogP contribution in [-0.4, -0.2) is 36.2 Å². The standard InChI is InChI=1S/C22H22ClIN2O3S/c1-4-25-22-26(5-2)21(27)19(30-22)12-15-10-17(23)20(18(11-15)28-3)29-13-14-6-8-16(24)9-7-14/h6-12H,4-5,13H2,1-3H3/b19-12+,25-22?. The third-order valence-corrected chi connectivity index (χ3v) is 6.39. The Morgan fingerprint density at radius 3 is 2.60 bits per heavy atom. The number of amidine groups is 1. The van der Waals surface area contributed by atoms with E-state index in [9.17, 15) is 4.79 Å². The van der Waals surface area contributed by atoms with Gasteiger partial charge in [-0.15, -0.1) is 0 Å². The van der Waals surface area contributed by atoms with Crippen LogP contribution in [0.25, 0.3) is 6.08 Å². The van der Waals surface area contributed by atoms with E-state index in [1.807, 2.05) is 50.3 Å². The first kappa shape index (κ1) is 23.0. The predicted octanol–water partition coefficient (Wildman–Crippen LogP) is 5.84. The van der Waals surface area contributed by atoms with E-state index in [0.717, 1.165) is 19.9 Å². The van der Waals surface area contributed by atoms with Crippen LogP contribution in [-0.2, 0) is 11.4 Å². The van der Waals surface area contributed by atoms with Crippen LogP contribution in [0, 0.1) is 3.57 Å². The Balaban J connectivity index is 1.84.